The minimum Gasteiger partial charge on any atom is -0.324 e. The van der Waals surface area contributed by atoms with Crippen LogP contribution in [-0.4, -0.2) is 15.9 Å². The van der Waals surface area contributed by atoms with Crippen LogP contribution in [0.5, 0.6) is 0 Å². The van der Waals surface area contributed by atoms with Gasteiger partial charge in [0, 0.05) is 17.6 Å². The lowest BCUT2D eigenvalue weighted by molar-refractivity contribution is 0.102. The number of halogens is 1. The predicted molar refractivity (Wildman–Crippen MR) is 95.6 cm³/mol. The first-order valence-electron chi connectivity index (χ1n) is 7.76. The number of aryl methyl sites for hydroxylation is 2. The number of amides is 1. The van der Waals surface area contributed by atoms with Gasteiger partial charge in [-0.25, -0.2) is 14.4 Å². The van der Waals surface area contributed by atoms with Gasteiger partial charge >= 0.3 is 0 Å². The van der Waals surface area contributed by atoms with Gasteiger partial charge in [0.1, 0.15) is 11.5 Å². The highest BCUT2D eigenvalue weighted by atomic mass is 19.1. The SMILES string of the molecule is Cc1cccc(C)c1Nc1nccc(C(=O)Nc2ccc(F)cc2)n1. The Hall–Kier alpha value is -3.28. The van der Waals surface area contributed by atoms with E-state index < -0.39 is 5.91 Å². The van der Waals surface area contributed by atoms with Crippen LogP contribution < -0.4 is 10.6 Å². The third-order valence-corrected chi connectivity index (χ3v) is 3.71. The minimum absolute atomic E-state index is 0.216. The maximum atomic E-state index is 12.9. The highest BCUT2D eigenvalue weighted by Crippen LogP contribution is 2.22. The molecule has 6 heteroatoms. The van der Waals surface area contributed by atoms with Crippen molar-refractivity contribution in [3.05, 3.63) is 77.4 Å². The van der Waals surface area contributed by atoms with Crippen LogP contribution >= 0.6 is 0 Å². The van der Waals surface area contributed by atoms with E-state index in [0.29, 0.717) is 11.6 Å². The van der Waals surface area contributed by atoms with Gasteiger partial charge in [-0.3, -0.25) is 4.79 Å². The Kier molecular flexibility index (Phi) is 4.70. The molecule has 126 valence electrons. The molecular weight excluding hydrogens is 319 g/mol. The van der Waals surface area contributed by atoms with Gasteiger partial charge in [0.15, 0.2) is 0 Å². The summed E-state index contributed by atoms with van der Waals surface area (Å²) >= 11 is 0. The first-order valence-corrected chi connectivity index (χ1v) is 7.76. The summed E-state index contributed by atoms with van der Waals surface area (Å²) in [6.45, 7) is 3.97. The number of anilines is 3. The summed E-state index contributed by atoms with van der Waals surface area (Å²) in [5, 5.41) is 5.83. The average molecular weight is 336 g/mol. The normalized spacial score (nSPS) is 10.4. The molecule has 0 radical (unpaired) electrons. The second-order valence-corrected chi connectivity index (χ2v) is 5.62. The van der Waals surface area contributed by atoms with Crippen LogP contribution in [0.1, 0.15) is 21.6 Å². The molecule has 2 aromatic carbocycles. The number of hydrogen-bond donors (Lipinski definition) is 2. The standard InChI is InChI=1S/C19H17FN4O/c1-12-4-3-5-13(2)17(12)24-19-21-11-10-16(23-19)18(25)22-15-8-6-14(20)7-9-15/h3-11H,1-2H3,(H,22,25)(H,21,23,24). The van der Waals surface area contributed by atoms with Crippen molar-refractivity contribution >= 4 is 23.2 Å². The van der Waals surface area contributed by atoms with Gasteiger partial charge in [-0.15, -0.1) is 0 Å². The van der Waals surface area contributed by atoms with E-state index in [1.165, 1.54) is 36.5 Å². The van der Waals surface area contributed by atoms with E-state index in [1.807, 2.05) is 32.0 Å². The van der Waals surface area contributed by atoms with E-state index in [1.54, 1.807) is 0 Å². The second kappa shape index (κ2) is 7.09. The molecule has 0 atom stereocenters. The van der Waals surface area contributed by atoms with Crippen LogP contribution in [0.2, 0.25) is 0 Å². The second-order valence-electron chi connectivity index (χ2n) is 5.62. The number of carbonyl (C=O) groups is 1. The molecule has 5 nitrogen and oxygen atoms in total. The van der Waals surface area contributed by atoms with Gasteiger partial charge in [0.05, 0.1) is 0 Å². The topological polar surface area (TPSA) is 66.9 Å². The Morgan fingerprint density at radius 1 is 1.00 bits per heavy atom. The highest BCUT2D eigenvalue weighted by molar-refractivity contribution is 6.03. The molecule has 0 aliphatic rings. The van der Waals surface area contributed by atoms with E-state index in [-0.39, 0.29) is 11.5 Å². The Morgan fingerprint density at radius 2 is 1.68 bits per heavy atom. The summed E-state index contributed by atoms with van der Waals surface area (Å²) in [5.74, 6) is -0.414. The molecule has 3 aromatic rings. The van der Waals surface area contributed by atoms with Crippen LogP contribution in [0.25, 0.3) is 0 Å². The third kappa shape index (κ3) is 3.98. The van der Waals surface area contributed by atoms with Gasteiger partial charge in [0.25, 0.3) is 5.91 Å². The molecule has 25 heavy (non-hydrogen) atoms. The minimum atomic E-state index is -0.390. The number of rotatable bonds is 4. The van der Waals surface area contributed by atoms with Crippen molar-refractivity contribution in [3.63, 3.8) is 0 Å². The first kappa shape index (κ1) is 16.6. The van der Waals surface area contributed by atoms with Crippen LogP contribution in [0.3, 0.4) is 0 Å². The summed E-state index contributed by atoms with van der Waals surface area (Å²) in [6.07, 6.45) is 1.52. The molecule has 1 heterocycles. The molecule has 3 rings (SSSR count). The lowest BCUT2D eigenvalue weighted by atomic mass is 10.1. The van der Waals surface area contributed by atoms with Gasteiger partial charge in [-0.1, -0.05) is 18.2 Å². The van der Waals surface area contributed by atoms with E-state index in [2.05, 4.69) is 20.6 Å². The molecule has 0 spiro atoms. The van der Waals surface area contributed by atoms with Crippen LogP contribution in [0.15, 0.2) is 54.7 Å². The Bertz CT molecular complexity index is 889. The van der Waals surface area contributed by atoms with Crippen LogP contribution in [0.4, 0.5) is 21.7 Å². The smallest absolute Gasteiger partial charge is 0.274 e. The van der Waals surface area contributed by atoms with E-state index >= 15 is 0 Å². The van der Waals surface area contributed by atoms with Crippen molar-refractivity contribution in [2.45, 2.75) is 13.8 Å². The summed E-state index contributed by atoms with van der Waals surface area (Å²) in [7, 11) is 0. The maximum absolute atomic E-state index is 12.9. The molecule has 1 amide bonds. The van der Waals surface area contributed by atoms with Crippen molar-refractivity contribution in [2.75, 3.05) is 10.6 Å². The van der Waals surface area contributed by atoms with Gasteiger partial charge in [-0.05, 0) is 55.3 Å². The largest absolute Gasteiger partial charge is 0.324 e. The van der Waals surface area contributed by atoms with Gasteiger partial charge < -0.3 is 10.6 Å². The molecule has 0 saturated heterocycles. The lowest BCUT2D eigenvalue weighted by Crippen LogP contribution is -2.15. The quantitative estimate of drug-likeness (QED) is 0.748. The number of nitrogens with zero attached hydrogens (tertiary/aromatic N) is 2. The van der Waals surface area contributed by atoms with Crippen molar-refractivity contribution in [1.29, 1.82) is 0 Å². The van der Waals surface area contributed by atoms with Crippen molar-refractivity contribution in [2.24, 2.45) is 0 Å². The molecule has 0 aliphatic carbocycles. The fraction of sp³-hybridized carbons (Fsp3) is 0.105. The molecule has 0 saturated carbocycles. The van der Waals surface area contributed by atoms with Crippen molar-refractivity contribution in [3.8, 4) is 0 Å². The van der Waals surface area contributed by atoms with Crippen LogP contribution in [-0.2, 0) is 0 Å². The fourth-order valence-electron chi connectivity index (χ4n) is 2.40. The molecule has 0 fully saturated rings. The molecule has 0 aliphatic heterocycles. The average Bonchev–Trinajstić information content (AvgIpc) is 2.60. The fourth-order valence-corrected chi connectivity index (χ4v) is 2.40. The summed E-state index contributed by atoms with van der Waals surface area (Å²) in [5.41, 5.74) is 3.75. The van der Waals surface area contributed by atoms with Crippen LogP contribution in [0, 0.1) is 19.7 Å². The number of nitrogens with one attached hydrogen (secondary N) is 2. The van der Waals surface area contributed by atoms with E-state index in [9.17, 15) is 9.18 Å². The van der Waals surface area contributed by atoms with E-state index in [4.69, 9.17) is 0 Å². The Labute approximate surface area is 145 Å². The lowest BCUT2D eigenvalue weighted by Gasteiger charge is -2.11. The molecule has 1 aromatic heterocycles. The molecule has 0 unspecified atom stereocenters. The van der Waals surface area contributed by atoms with Crippen molar-refractivity contribution < 1.29 is 9.18 Å². The predicted octanol–water partition coefficient (Wildman–Crippen LogP) is 4.23. The molecular formula is C19H17FN4O. The maximum Gasteiger partial charge on any atom is 0.274 e. The zero-order valence-corrected chi connectivity index (χ0v) is 13.9. The van der Waals surface area contributed by atoms with Gasteiger partial charge in [0.2, 0.25) is 5.95 Å². The summed E-state index contributed by atoms with van der Waals surface area (Å²) in [6, 6.07) is 13.0. The first-order chi connectivity index (χ1) is 12.0. The summed E-state index contributed by atoms with van der Waals surface area (Å²) in [4.78, 5) is 20.7. The number of para-hydroxylation sites is 1. The summed E-state index contributed by atoms with van der Waals surface area (Å²) < 4.78 is 12.9. The monoisotopic (exact) mass is 336 g/mol. The number of hydrogen-bond acceptors (Lipinski definition) is 4. The Morgan fingerprint density at radius 3 is 2.36 bits per heavy atom. The third-order valence-electron chi connectivity index (χ3n) is 3.71. The van der Waals surface area contributed by atoms with E-state index in [0.717, 1.165) is 16.8 Å². The van der Waals surface area contributed by atoms with Crippen molar-refractivity contribution in [1.82, 2.24) is 9.97 Å². The van der Waals surface area contributed by atoms with Gasteiger partial charge in [-0.2, -0.15) is 0 Å². The molecule has 0 bridgehead atoms. The zero-order valence-electron chi connectivity index (χ0n) is 13.9. The Balaban J connectivity index is 1.79. The molecule has 2 N–H and O–H groups in total. The highest BCUT2D eigenvalue weighted by Gasteiger charge is 2.11. The number of aromatic nitrogens is 2. The zero-order chi connectivity index (χ0) is 17.8. The number of carbonyl (C=O) groups excluding carboxylic acids is 1. The number of benzene rings is 2.